The molecular formula is C11H12N2O2. The van der Waals surface area contributed by atoms with Gasteiger partial charge in [-0.15, -0.1) is 0 Å². The molecule has 78 valence electrons. The highest BCUT2D eigenvalue weighted by Crippen LogP contribution is 2.22. The zero-order chi connectivity index (χ0) is 10.7. The van der Waals surface area contributed by atoms with Crippen LogP contribution >= 0.6 is 0 Å². The Hall–Kier alpha value is -1.68. The second kappa shape index (κ2) is 4.23. The number of para-hydroxylation sites is 1. The number of carbonyl (C=O) groups excluding carboxylic acids is 1. The smallest absolute Gasteiger partial charge is 0.274 e. The number of rotatable bonds is 3. The van der Waals surface area contributed by atoms with Crippen LogP contribution in [0.5, 0.6) is 0 Å². The second-order valence-corrected chi connectivity index (χ2v) is 3.22. The average Bonchev–Trinajstić information content (AvgIpc) is 2.56. The minimum atomic E-state index is -0.132. The van der Waals surface area contributed by atoms with Crippen molar-refractivity contribution < 1.29 is 9.53 Å². The molecule has 1 heterocycles. The molecule has 2 rings (SSSR count). The molecule has 1 aliphatic heterocycles. The molecule has 1 amide bonds. The Morgan fingerprint density at radius 3 is 3.00 bits per heavy atom. The number of benzene rings is 1. The number of ether oxygens (including phenoxy) is 1. The van der Waals surface area contributed by atoms with E-state index in [0.717, 1.165) is 11.3 Å². The lowest BCUT2D eigenvalue weighted by Gasteiger charge is -1.96. The summed E-state index contributed by atoms with van der Waals surface area (Å²) in [6.07, 6.45) is 0. The molecule has 1 aromatic carbocycles. The van der Waals surface area contributed by atoms with Crippen LogP contribution in [0, 0.1) is 0 Å². The number of carbonyl (C=O) groups is 1. The number of methoxy groups -OCH3 is 1. The van der Waals surface area contributed by atoms with Crippen molar-refractivity contribution in [3.63, 3.8) is 0 Å². The molecule has 0 aliphatic carbocycles. The third kappa shape index (κ3) is 1.89. The van der Waals surface area contributed by atoms with Gasteiger partial charge in [0.25, 0.3) is 5.91 Å². The number of anilines is 1. The van der Waals surface area contributed by atoms with E-state index < -0.39 is 0 Å². The fourth-order valence-corrected chi connectivity index (χ4v) is 1.51. The van der Waals surface area contributed by atoms with Crippen LogP contribution in [-0.4, -0.2) is 31.9 Å². The van der Waals surface area contributed by atoms with E-state index in [1.165, 1.54) is 0 Å². The molecule has 0 unspecified atom stereocenters. The lowest BCUT2D eigenvalue weighted by atomic mass is 10.1. The Kier molecular flexibility index (Phi) is 2.78. The first kappa shape index (κ1) is 9.86. The van der Waals surface area contributed by atoms with Crippen LogP contribution < -0.4 is 5.32 Å². The van der Waals surface area contributed by atoms with Crippen LogP contribution in [0.4, 0.5) is 5.69 Å². The van der Waals surface area contributed by atoms with E-state index in [2.05, 4.69) is 10.3 Å². The van der Waals surface area contributed by atoms with Gasteiger partial charge in [-0.3, -0.25) is 9.79 Å². The fraction of sp³-hybridized carbons (Fsp3) is 0.273. The summed E-state index contributed by atoms with van der Waals surface area (Å²) in [5, 5.41) is 2.76. The molecule has 0 saturated heterocycles. The number of hydrogen-bond acceptors (Lipinski definition) is 3. The van der Waals surface area contributed by atoms with Gasteiger partial charge in [0.15, 0.2) is 0 Å². The van der Waals surface area contributed by atoms with E-state index in [9.17, 15) is 4.79 Å². The van der Waals surface area contributed by atoms with Crippen LogP contribution in [0.3, 0.4) is 0 Å². The van der Waals surface area contributed by atoms with E-state index in [-0.39, 0.29) is 5.91 Å². The zero-order valence-electron chi connectivity index (χ0n) is 8.49. The van der Waals surface area contributed by atoms with Gasteiger partial charge in [-0.1, -0.05) is 18.2 Å². The van der Waals surface area contributed by atoms with Gasteiger partial charge in [0.05, 0.1) is 18.8 Å². The van der Waals surface area contributed by atoms with Crippen LogP contribution in [0.1, 0.15) is 5.56 Å². The van der Waals surface area contributed by atoms with Gasteiger partial charge in [0, 0.05) is 12.7 Å². The highest BCUT2D eigenvalue weighted by Gasteiger charge is 2.24. The summed E-state index contributed by atoms with van der Waals surface area (Å²) in [5.41, 5.74) is 2.21. The molecule has 0 aromatic heterocycles. The zero-order valence-corrected chi connectivity index (χ0v) is 8.49. The van der Waals surface area contributed by atoms with Crippen molar-refractivity contribution in [2.75, 3.05) is 25.6 Å². The quantitative estimate of drug-likeness (QED) is 0.749. The maximum atomic E-state index is 11.5. The molecule has 0 radical (unpaired) electrons. The van der Waals surface area contributed by atoms with Crippen LogP contribution in [0.2, 0.25) is 0 Å². The van der Waals surface area contributed by atoms with Gasteiger partial charge >= 0.3 is 0 Å². The Morgan fingerprint density at radius 2 is 2.20 bits per heavy atom. The summed E-state index contributed by atoms with van der Waals surface area (Å²) in [6.45, 7) is 1.03. The molecule has 1 N–H and O–H groups in total. The molecule has 0 saturated carbocycles. The van der Waals surface area contributed by atoms with Gasteiger partial charge in [0.2, 0.25) is 0 Å². The second-order valence-electron chi connectivity index (χ2n) is 3.22. The summed E-state index contributed by atoms with van der Waals surface area (Å²) in [5.74, 6) is -0.132. The maximum Gasteiger partial charge on any atom is 0.274 e. The van der Waals surface area contributed by atoms with Gasteiger partial charge < -0.3 is 10.1 Å². The van der Waals surface area contributed by atoms with Crippen molar-refractivity contribution in [3.05, 3.63) is 29.8 Å². The van der Waals surface area contributed by atoms with E-state index in [4.69, 9.17) is 4.74 Å². The summed E-state index contributed by atoms with van der Waals surface area (Å²) >= 11 is 0. The molecule has 15 heavy (non-hydrogen) atoms. The number of amides is 1. The molecule has 1 aromatic rings. The fourth-order valence-electron chi connectivity index (χ4n) is 1.51. The van der Waals surface area contributed by atoms with Crippen LogP contribution in [0.25, 0.3) is 0 Å². The van der Waals surface area contributed by atoms with E-state index >= 15 is 0 Å². The minimum Gasteiger partial charge on any atom is -0.383 e. The van der Waals surface area contributed by atoms with Crippen molar-refractivity contribution in [2.24, 2.45) is 4.99 Å². The maximum absolute atomic E-state index is 11.5. The SMILES string of the molecule is COCCN=C1C(=O)Nc2ccccc21. The lowest BCUT2D eigenvalue weighted by molar-refractivity contribution is -0.110. The monoisotopic (exact) mass is 204 g/mol. The molecule has 4 heteroatoms. The Morgan fingerprint density at radius 1 is 1.40 bits per heavy atom. The summed E-state index contributed by atoms with van der Waals surface area (Å²) < 4.78 is 4.89. The van der Waals surface area contributed by atoms with Crippen LogP contribution in [-0.2, 0) is 9.53 Å². The summed E-state index contributed by atoms with van der Waals surface area (Å²) in [4.78, 5) is 15.8. The van der Waals surface area contributed by atoms with Crippen LogP contribution in [0.15, 0.2) is 29.3 Å². The highest BCUT2D eigenvalue weighted by molar-refractivity contribution is 6.53. The first-order chi connectivity index (χ1) is 7.33. The van der Waals surface area contributed by atoms with E-state index in [1.807, 2.05) is 24.3 Å². The standard InChI is InChI=1S/C11H12N2O2/c1-15-7-6-12-10-8-4-2-3-5-9(8)13-11(10)14/h2-5H,6-7H2,1H3,(H,12,13,14). The van der Waals surface area contributed by atoms with Gasteiger partial charge in [-0.25, -0.2) is 0 Å². The summed E-state index contributed by atoms with van der Waals surface area (Å²) in [7, 11) is 1.61. The molecule has 0 bridgehead atoms. The number of nitrogens with one attached hydrogen (secondary N) is 1. The Bertz CT molecular complexity index is 413. The van der Waals surface area contributed by atoms with E-state index in [0.29, 0.717) is 18.9 Å². The Balaban J connectivity index is 2.26. The van der Waals surface area contributed by atoms with Crippen molar-refractivity contribution >= 4 is 17.3 Å². The average molecular weight is 204 g/mol. The number of hydrogen-bond donors (Lipinski definition) is 1. The van der Waals surface area contributed by atoms with Crippen molar-refractivity contribution in [1.29, 1.82) is 0 Å². The van der Waals surface area contributed by atoms with Gasteiger partial charge in [-0.05, 0) is 6.07 Å². The van der Waals surface area contributed by atoms with Crippen molar-refractivity contribution in [3.8, 4) is 0 Å². The largest absolute Gasteiger partial charge is 0.383 e. The van der Waals surface area contributed by atoms with E-state index in [1.54, 1.807) is 7.11 Å². The first-order valence-electron chi connectivity index (χ1n) is 4.77. The molecular weight excluding hydrogens is 192 g/mol. The third-order valence-electron chi connectivity index (χ3n) is 2.21. The molecule has 0 atom stereocenters. The number of aliphatic imine (C=N–C) groups is 1. The van der Waals surface area contributed by atoms with Gasteiger partial charge in [0.1, 0.15) is 5.71 Å². The van der Waals surface area contributed by atoms with Gasteiger partial charge in [-0.2, -0.15) is 0 Å². The molecule has 4 nitrogen and oxygen atoms in total. The minimum absolute atomic E-state index is 0.132. The first-order valence-corrected chi connectivity index (χ1v) is 4.77. The topological polar surface area (TPSA) is 50.7 Å². The predicted molar refractivity (Wildman–Crippen MR) is 58.4 cm³/mol. The lowest BCUT2D eigenvalue weighted by Crippen LogP contribution is -2.15. The van der Waals surface area contributed by atoms with Crippen molar-refractivity contribution in [1.82, 2.24) is 0 Å². The normalized spacial score (nSPS) is 16.6. The summed E-state index contributed by atoms with van der Waals surface area (Å²) in [6, 6.07) is 7.53. The Labute approximate surface area is 88.0 Å². The number of nitrogens with zero attached hydrogens (tertiary/aromatic N) is 1. The molecule has 1 aliphatic rings. The number of fused-ring (bicyclic) bond motifs is 1. The molecule has 0 spiro atoms. The highest BCUT2D eigenvalue weighted by atomic mass is 16.5. The third-order valence-corrected chi connectivity index (χ3v) is 2.21. The predicted octanol–water partition coefficient (Wildman–Crippen LogP) is 1.07. The van der Waals surface area contributed by atoms with Crippen molar-refractivity contribution in [2.45, 2.75) is 0 Å². The molecule has 0 fully saturated rings.